The average Bonchev–Trinajstić information content (AvgIpc) is 3.25. The van der Waals surface area contributed by atoms with E-state index in [1.54, 1.807) is 6.07 Å². The van der Waals surface area contributed by atoms with Gasteiger partial charge in [-0.2, -0.15) is 5.26 Å². The number of likely N-dealkylation sites (tertiary alicyclic amines) is 1. The second-order valence-corrected chi connectivity index (χ2v) is 6.27. The van der Waals surface area contributed by atoms with E-state index in [-0.39, 0.29) is 12.0 Å². The molecule has 1 heterocycles. The van der Waals surface area contributed by atoms with Crippen molar-refractivity contribution < 1.29 is 9.90 Å². The molecule has 1 saturated heterocycles. The topological polar surface area (TPSA) is 76.4 Å². The fourth-order valence-corrected chi connectivity index (χ4v) is 3.17. The summed E-state index contributed by atoms with van der Waals surface area (Å²) >= 11 is 0. The van der Waals surface area contributed by atoms with Gasteiger partial charge in [-0.1, -0.05) is 12.1 Å². The summed E-state index contributed by atoms with van der Waals surface area (Å²) in [4.78, 5) is 14.7. The van der Waals surface area contributed by atoms with Gasteiger partial charge in [0, 0.05) is 26.2 Å². The summed E-state index contributed by atoms with van der Waals surface area (Å²) in [5.74, 6) is 0.0577. The van der Waals surface area contributed by atoms with Crippen molar-refractivity contribution in [2.75, 3.05) is 26.2 Å². The number of carbonyl (C=O) groups excluding carboxylic acids is 1. The summed E-state index contributed by atoms with van der Waals surface area (Å²) < 4.78 is 0. The summed E-state index contributed by atoms with van der Waals surface area (Å²) in [6.45, 7) is 2.97. The zero-order chi connectivity index (χ0) is 15.6. The summed E-state index contributed by atoms with van der Waals surface area (Å²) in [5.41, 5.74) is 1.11. The maximum Gasteiger partial charge on any atom is 0.230 e. The average molecular weight is 299 g/mol. The first kappa shape index (κ1) is 15.0. The van der Waals surface area contributed by atoms with E-state index in [0.29, 0.717) is 18.7 Å². The van der Waals surface area contributed by atoms with Gasteiger partial charge in [0.2, 0.25) is 5.91 Å². The van der Waals surface area contributed by atoms with Crippen molar-refractivity contribution >= 4 is 5.91 Å². The zero-order valence-electron chi connectivity index (χ0n) is 12.6. The number of benzene rings is 1. The van der Waals surface area contributed by atoms with E-state index in [9.17, 15) is 9.90 Å². The molecule has 5 nitrogen and oxygen atoms in total. The molecule has 0 unspecified atom stereocenters. The Morgan fingerprint density at radius 1 is 1.50 bits per heavy atom. The van der Waals surface area contributed by atoms with E-state index in [1.165, 1.54) is 0 Å². The number of nitriles is 1. The minimum absolute atomic E-state index is 0.0577. The molecule has 1 amide bonds. The Morgan fingerprint density at radius 3 is 2.95 bits per heavy atom. The number of carbonyl (C=O) groups is 1. The van der Waals surface area contributed by atoms with Crippen LogP contribution in [0.25, 0.3) is 0 Å². The molecule has 22 heavy (non-hydrogen) atoms. The number of nitrogens with zero attached hydrogens (tertiary/aromatic N) is 2. The van der Waals surface area contributed by atoms with E-state index in [4.69, 9.17) is 5.26 Å². The predicted octanol–water partition coefficient (Wildman–Crippen LogP) is 0.773. The van der Waals surface area contributed by atoms with Crippen LogP contribution in [-0.2, 0) is 10.2 Å². The second kappa shape index (κ2) is 6.07. The molecule has 5 heteroatoms. The van der Waals surface area contributed by atoms with Crippen molar-refractivity contribution in [2.24, 2.45) is 0 Å². The van der Waals surface area contributed by atoms with Crippen LogP contribution in [0, 0.1) is 11.3 Å². The number of nitrogens with one attached hydrogen (secondary N) is 1. The highest BCUT2D eigenvalue weighted by molar-refractivity contribution is 5.91. The Kier molecular flexibility index (Phi) is 4.14. The monoisotopic (exact) mass is 299 g/mol. The van der Waals surface area contributed by atoms with E-state index in [2.05, 4.69) is 16.3 Å². The Hall–Kier alpha value is -1.90. The standard InChI is InChI=1S/C17H21N3O2/c18-11-13-2-1-3-14(10-13)17(5-6-17)16(22)19-7-9-20-8-4-15(21)12-20/h1-3,10,15,21H,4-9,12H2,(H,19,22)/t15-/m0/s1. The van der Waals surface area contributed by atoms with Crippen LogP contribution in [0.15, 0.2) is 24.3 Å². The molecule has 1 aliphatic heterocycles. The van der Waals surface area contributed by atoms with Gasteiger partial charge in [0.1, 0.15) is 0 Å². The first-order valence-corrected chi connectivity index (χ1v) is 7.83. The molecule has 116 valence electrons. The lowest BCUT2D eigenvalue weighted by Crippen LogP contribution is -2.39. The number of aliphatic hydroxyl groups is 1. The molecule has 0 radical (unpaired) electrons. The summed E-state index contributed by atoms with van der Waals surface area (Å²) in [5, 5.41) is 21.5. The van der Waals surface area contributed by atoms with E-state index >= 15 is 0 Å². The smallest absolute Gasteiger partial charge is 0.230 e. The maximum atomic E-state index is 12.5. The fourth-order valence-electron chi connectivity index (χ4n) is 3.17. The van der Waals surface area contributed by atoms with Crippen LogP contribution >= 0.6 is 0 Å². The van der Waals surface area contributed by atoms with E-state index in [1.807, 2.05) is 18.2 Å². The number of amides is 1. The van der Waals surface area contributed by atoms with Crippen molar-refractivity contribution in [3.05, 3.63) is 35.4 Å². The largest absolute Gasteiger partial charge is 0.392 e. The van der Waals surface area contributed by atoms with Gasteiger partial charge in [0.15, 0.2) is 0 Å². The third-order valence-electron chi connectivity index (χ3n) is 4.69. The van der Waals surface area contributed by atoms with Crippen molar-refractivity contribution in [1.29, 1.82) is 5.26 Å². The zero-order valence-corrected chi connectivity index (χ0v) is 12.6. The molecular formula is C17H21N3O2. The highest BCUT2D eigenvalue weighted by atomic mass is 16.3. The minimum atomic E-state index is -0.433. The number of hydrogen-bond donors (Lipinski definition) is 2. The Morgan fingerprint density at radius 2 is 2.32 bits per heavy atom. The van der Waals surface area contributed by atoms with Crippen LogP contribution in [0.1, 0.15) is 30.4 Å². The quantitative estimate of drug-likeness (QED) is 0.842. The molecule has 2 N–H and O–H groups in total. The van der Waals surface area contributed by atoms with Crippen LogP contribution in [-0.4, -0.2) is 48.2 Å². The van der Waals surface area contributed by atoms with Crippen LogP contribution in [0.3, 0.4) is 0 Å². The number of rotatable bonds is 5. The number of aliphatic hydroxyl groups excluding tert-OH is 1. The highest BCUT2D eigenvalue weighted by Gasteiger charge is 2.51. The molecule has 1 aliphatic carbocycles. The normalized spacial score (nSPS) is 23.0. The van der Waals surface area contributed by atoms with Gasteiger partial charge in [-0.25, -0.2) is 0 Å². The molecule has 1 aromatic rings. The van der Waals surface area contributed by atoms with Crippen molar-refractivity contribution in [3.8, 4) is 6.07 Å². The molecule has 2 aliphatic rings. The lowest BCUT2D eigenvalue weighted by atomic mass is 9.93. The molecule has 2 fully saturated rings. The fraction of sp³-hybridized carbons (Fsp3) is 0.529. The van der Waals surface area contributed by atoms with Gasteiger partial charge < -0.3 is 10.4 Å². The van der Waals surface area contributed by atoms with Crippen LogP contribution < -0.4 is 5.32 Å². The third kappa shape index (κ3) is 2.99. The number of β-amino-alcohol motifs (C(OH)–C–C–N with tert-alkyl or cyclic N) is 1. The van der Waals surface area contributed by atoms with Crippen LogP contribution in [0.4, 0.5) is 0 Å². The molecule has 1 aromatic carbocycles. The van der Waals surface area contributed by atoms with Gasteiger partial charge in [0.05, 0.1) is 23.2 Å². The van der Waals surface area contributed by atoms with Gasteiger partial charge in [-0.15, -0.1) is 0 Å². The van der Waals surface area contributed by atoms with Crippen molar-refractivity contribution in [1.82, 2.24) is 10.2 Å². The maximum absolute atomic E-state index is 12.5. The molecule has 0 bridgehead atoms. The minimum Gasteiger partial charge on any atom is -0.392 e. The Labute approximate surface area is 130 Å². The van der Waals surface area contributed by atoms with Gasteiger partial charge >= 0.3 is 0 Å². The van der Waals surface area contributed by atoms with Gasteiger partial charge in [0.25, 0.3) is 0 Å². The predicted molar refractivity (Wildman–Crippen MR) is 82.1 cm³/mol. The van der Waals surface area contributed by atoms with Crippen LogP contribution in [0.2, 0.25) is 0 Å². The SMILES string of the molecule is N#Cc1cccc(C2(C(=O)NCCN3CC[C@H](O)C3)CC2)c1. The molecule has 1 saturated carbocycles. The van der Waals surface area contributed by atoms with E-state index < -0.39 is 5.41 Å². The molecular weight excluding hydrogens is 278 g/mol. The molecule has 1 atom stereocenters. The first-order valence-electron chi connectivity index (χ1n) is 7.83. The summed E-state index contributed by atoms with van der Waals surface area (Å²) in [6, 6.07) is 9.49. The van der Waals surface area contributed by atoms with Crippen LogP contribution in [0.5, 0.6) is 0 Å². The van der Waals surface area contributed by atoms with Crippen molar-refractivity contribution in [3.63, 3.8) is 0 Å². The molecule has 0 spiro atoms. The van der Waals surface area contributed by atoms with E-state index in [0.717, 1.165) is 37.9 Å². The molecule has 3 rings (SSSR count). The first-order chi connectivity index (χ1) is 10.6. The third-order valence-corrected chi connectivity index (χ3v) is 4.69. The molecule has 0 aromatic heterocycles. The Bertz CT molecular complexity index is 604. The number of hydrogen-bond acceptors (Lipinski definition) is 4. The second-order valence-electron chi connectivity index (χ2n) is 6.27. The summed E-state index contributed by atoms with van der Waals surface area (Å²) in [7, 11) is 0. The lowest BCUT2D eigenvalue weighted by Gasteiger charge is -2.19. The van der Waals surface area contributed by atoms with Crippen molar-refractivity contribution in [2.45, 2.75) is 30.8 Å². The van der Waals surface area contributed by atoms with Gasteiger partial charge in [-0.3, -0.25) is 9.69 Å². The van der Waals surface area contributed by atoms with Gasteiger partial charge in [-0.05, 0) is 37.0 Å². The lowest BCUT2D eigenvalue weighted by molar-refractivity contribution is -0.123. The summed E-state index contributed by atoms with van der Waals surface area (Å²) in [6.07, 6.45) is 2.28. The Balaban J connectivity index is 1.56. The highest BCUT2D eigenvalue weighted by Crippen LogP contribution is 2.48.